The highest BCUT2D eigenvalue weighted by Gasteiger charge is 2.36. The topological polar surface area (TPSA) is 103 Å². The molecule has 1 aliphatic heterocycles. The SMILES string of the molecule is CCOc1ccccc1[C@H](C(=O)NC1CCCCC1)N(Cc1ccc2c(c1)OCO2)C(=O)c1cnccn1. The van der Waals surface area contributed by atoms with Gasteiger partial charge < -0.3 is 24.4 Å². The van der Waals surface area contributed by atoms with E-state index in [-0.39, 0.29) is 31.0 Å². The van der Waals surface area contributed by atoms with Crippen molar-refractivity contribution in [2.75, 3.05) is 13.4 Å². The smallest absolute Gasteiger partial charge is 0.275 e. The van der Waals surface area contributed by atoms with Crippen LogP contribution in [-0.2, 0) is 11.3 Å². The van der Waals surface area contributed by atoms with Crippen LogP contribution in [0.5, 0.6) is 17.2 Å². The first-order chi connectivity index (χ1) is 18.6. The lowest BCUT2D eigenvalue weighted by Gasteiger charge is -2.34. The van der Waals surface area contributed by atoms with Crippen molar-refractivity contribution < 1.29 is 23.8 Å². The lowest BCUT2D eigenvalue weighted by atomic mass is 9.94. The Balaban J connectivity index is 1.57. The first kappa shape index (κ1) is 25.5. The third-order valence-electron chi connectivity index (χ3n) is 6.86. The number of para-hydroxylation sites is 1. The Labute approximate surface area is 222 Å². The van der Waals surface area contributed by atoms with Crippen LogP contribution < -0.4 is 19.5 Å². The predicted octanol–water partition coefficient (Wildman–Crippen LogP) is 4.44. The number of ether oxygens (including phenoxy) is 3. The summed E-state index contributed by atoms with van der Waals surface area (Å²) in [5.41, 5.74) is 1.55. The van der Waals surface area contributed by atoms with Gasteiger partial charge >= 0.3 is 0 Å². The first-order valence-corrected chi connectivity index (χ1v) is 13.1. The summed E-state index contributed by atoms with van der Waals surface area (Å²) >= 11 is 0. The first-order valence-electron chi connectivity index (χ1n) is 13.1. The molecule has 1 aromatic heterocycles. The molecule has 2 heterocycles. The summed E-state index contributed by atoms with van der Waals surface area (Å²) in [6.07, 6.45) is 9.56. The molecule has 1 aliphatic carbocycles. The number of carbonyl (C=O) groups is 2. The van der Waals surface area contributed by atoms with E-state index in [4.69, 9.17) is 14.2 Å². The van der Waals surface area contributed by atoms with Gasteiger partial charge in [0.05, 0.1) is 12.8 Å². The van der Waals surface area contributed by atoms with Crippen molar-refractivity contribution in [2.45, 2.75) is 57.7 Å². The van der Waals surface area contributed by atoms with Gasteiger partial charge in [0.15, 0.2) is 11.5 Å². The van der Waals surface area contributed by atoms with E-state index in [2.05, 4.69) is 15.3 Å². The van der Waals surface area contributed by atoms with E-state index in [1.165, 1.54) is 29.9 Å². The maximum absolute atomic E-state index is 14.1. The van der Waals surface area contributed by atoms with E-state index in [0.29, 0.717) is 29.4 Å². The molecule has 2 aliphatic rings. The third-order valence-corrected chi connectivity index (χ3v) is 6.86. The Bertz CT molecular complexity index is 1260. The monoisotopic (exact) mass is 516 g/mol. The van der Waals surface area contributed by atoms with Crippen molar-refractivity contribution in [1.82, 2.24) is 20.2 Å². The number of rotatable bonds is 9. The van der Waals surface area contributed by atoms with Crippen LogP contribution in [0, 0.1) is 0 Å². The van der Waals surface area contributed by atoms with Crippen molar-refractivity contribution in [3.63, 3.8) is 0 Å². The fourth-order valence-electron chi connectivity index (χ4n) is 5.04. The molecule has 1 saturated carbocycles. The summed E-state index contributed by atoms with van der Waals surface area (Å²) in [6.45, 7) is 2.60. The van der Waals surface area contributed by atoms with E-state index in [9.17, 15) is 9.59 Å². The molecule has 0 bridgehead atoms. The molecule has 1 N–H and O–H groups in total. The maximum atomic E-state index is 14.1. The molecule has 198 valence electrons. The Morgan fingerprint density at radius 2 is 1.89 bits per heavy atom. The second-order valence-electron chi connectivity index (χ2n) is 9.43. The van der Waals surface area contributed by atoms with Crippen molar-refractivity contribution in [3.8, 4) is 17.2 Å². The molecule has 0 radical (unpaired) electrons. The van der Waals surface area contributed by atoms with Gasteiger partial charge in [0.25, 0.3) is 5.91 Å². The van der Waals surface area contributed by atoms with E-state index in [1.807, 2.05) is 49.4 Å². The third kappa shape index (κ3) is 5.72. The highest BCUT2D eigenvalue weighted by Crippen LogP contribution is 2.36. The standard InChI is InChI=1S/C29H32N4O5/c1-2-36-24-11-7-6-10-22(24)27(28(34)32-21-8-4-3-5-9-21)33(29(35)23-17-30-14-15-31-23)18-20-12-13-25-26(16-20)38-19-37-25/h6-7,10-17,21,27H,2-5,8-9,18-19H2,1H3,(H,32,34)/t27-/m1/s1. The lowest BCUT2D eigenvalue weighted by Crippen LogP contribution is -2.47. The Hall–Kier alpha value is -4.14. The molecule has 0 saturated heterocycles. The van der Waals surface area contributed by atoms with Crippen LogP contribution in [0.15, 0.2) is 61.1 Å². The number of hydrogen-bond donors (Lipinski definition) is 1. The van der Waals surface area contributed by atoms with E-state index in [0.717, 1.165) is 31.2 Å². The molecule has 0 spiro atoms. The zero-order chi connectivity index (χ0) is 26.3. The molecule has 0 unspecified atom stereocenters. The van der Waals surface area contributed by atoms with Crippen molar-refractivity contribution >= 4 is 11.8 Å². The summed E-state index contributed by atoms with van der Waals surface area (Å²) < 4.78 is 16.9. The number of fused-ring (bicyclic) bond motifs is 1. The van der Waals surface area contributed by atoms with Gasteiger partial charge in [-0.25, -0.2) is 4.98 Å². The van der Waals surface area contributed by atoms with Crippen molar-refractivity contribution in [2.24, 2.45) is 0 Å². The van der Waals surface area contributed by atoms with Gasteiger partial charge in [-0.05, 0) is 43.5 Å². The molecule has 1 atom stereocenters. The van der Waals surface area contributed by atoms with Gasteiger partial charge in [0.1, 0.15) is 17.5 Å². The zero-order valence-corrected chi connectivity index (χ0v) is 21.5. The Morgan fingerprint density at radius 1 is 1.08 bits per heavy atom. The Morgan fingerprint density at radius 3 is 2.68 bits per heavy atom. The van der Waals surface area contributed by atoms with Crippen LogP contribution in [0.4, 0.5) is 0 Å². The van der Waals surface area contributed by atoms with Gasteiger partial charge in [-0.15, -0.1) is 0 Å². The summed E-state index contributed by atoms with van der Waals surface area (Å²) in [6, 6.07) is 12.0. The molecule has 2 aromatic carbocycles. The number of nitrogens with one attached hydrogen (secondary N) is 1. The molecule has 9 heteroatoms. The normalized spacial score (nSPS) is 15.5. The average molecular weight is 517 g/mol. The van der Waals surface area contributed by atoms with E-state index in [1.54, 1.807) is 0 Å². The summed E-state index contributed by atoms with van der Waals surface area (Å²) in [5, 5.41) is 3.23. The second kappa shape index (κ2) is 11.9. The van der Waals surface area contributed by atoms with E-state index < -0.39 is 11.9 Å². The van der Waals surface area contributed by atoms with Crippen molar-refractivity contribution in [1.29, 1.82) is 0 Å². The molecular weight excluding hydrogens is 484 g/mol. The minimum atomic E-state index is -0.959. The van der Waals surface area contributed by atoms with Crippen molar-refractivity contribution in [3.05, 3.63) is 77.9 Å². The van der Waals surface area contributed by atoms with E-state index >= 15 is 0 Å². The van der Waals surface area contributed by atoms with Crippen LogP contribution in [0.25, 0.3) is 0 Å². The van der Waals surface area contributed by atoms with Gasteiger partial charge in [0.2, 0.25) is 12.7 Å². The van der Waals surface area contributed by atoms with Crippen LogP contribution in [0.3, 0.4) is 0 Å². The van der Waals surface area contributed by atoms with Gasteiger partial charge in [-0.1, -0.05) is 43.5 Å². The van der Waals surface area contributed by atoms with Crippen LogP contribution >= 0.6 is 0 Å². The second-order valence-corrected chi connectivity index (χ2v) is 9.43. The highest BCUT2D eigenvalue weighted by atomic mass is 16.7. The number of benzene rings is 2. The molecule has 1 fully saturated rings. The minimum Gasteiger partial charge on any atom is -0.494 e. The summed E-state index contributed by atoms with van der Waals surface area (Å²) in [7, 11) is 0. The average Bonchev–Trinajstić information content (AvgIpc) is 3.42. The zero-order valence-electron chi connectivity index (χ0n) is 21.5. The largest absolute Gasteiger partial charge is 0.494 e. The predicted molar refractivity (Wildman–Crippen MR) is 140 cm³/mol. The summed E-state index contributed by atoms with van der Waals surface area (Å²) in [5.74, 6) is 1.15. The summed E-state index contributed by atoms with van der Waals surface area (Å²) in [4.78, 5) is 38.0. The van der Waals surface area contributed by atoms with Crippen LogP contribution in [0.2, 0.25) is 0 Å². The fourth-order valence-corrected chi connectivity index (χ4v) is 5.04. The maximum Gasteiger partial charge on any atom is 0.275 e. The molecular formula is C29H32N4O5. The number of aromatic nitrogens is 2. The molecule has 38 heavy (non-hydrogen) atoms. The Kier molecular flexibility index (Phi) is 8.01. The highest BCUT2D eigenvalue weighted by molar-refractivity contribution is 5.96. The van der Waals surface area contributed by atoms with Gasteiger partial charge in [-0.3, -0.25) is 14.6 Å². The number of carbonyl (C=O) groups excluding carboxylic acids is 2. The molecule has 3 aromatic rings. The quantitative estimate of drug-likeness (QED) is 0.449. The fraction of sp³-hybridized carbons (Fsp3) is 0.379. The molecule has 9 nitrogen and oxygen atoms in total. The van der Waals surface area contributed by atoms with Crippen LogP contribution in [0.1, 0.15) is 66.7 Å². The van der Waals surface area contributed by atoms with Crippen LogP contribution in [-0.4, -0.2) is 46.1 Å². The molecule has 5 rings (SSSR count). The number of nitrogens with zero attached hydrogens (tertiary/aromatic N) is 3. The molecule has 2 amide bonds. The van der Waals surface area contributed by atoms with Gasteiger partial charge in [0, 0.05) is 30.5 Å². The minimum absolute atomic E-state index is 0.0667. The van der Waals surface area contributed by atoms with Gasteiger partial charge in [-0.2, -0.15) is 0 Å². The number of hydrogen-bond acceptors (Lipinski definition) is 7. The number of amides is 2. The lowest BCUT2D eigenvalue weighted by molar-refractivity contribution is -0.127.